The molecule has 0 aromatic heterocycles. The second kappa shape index (κ2) is 7.51. The van der Waals surface area contributed by atoms with Crippen molar-refractivity contribution in [3.63, 3.8) is 0 Å². The van der Waals surface area contributed by atoms with E-state index in [0.717, 1.165) is 36.0 Å². The lowest BCUT2D eigenvalue weighted by molar-refractivity contribution is 0.494. The van der Waals surface area contributed by atoms with Crippen molar-refractivity contribution in [3.8, 4) is 0 Å². The minimum atomic E-state index is -0.203. The monoisotopic (exact) mass is 333 g/mol. The maximum absolute atomic E-state index is 13.0. The molecule has 0 radical (unpaired) electrons. The highest BCUT2D eigenvalue weighted by molar-refractivity contribution is 9.10. The Morgan fingerprint density at radius 2 is 2.00 bits per heavy atom. The van der Waals surface area contributed by atoms with Crippen LogP contribution in [0.1, 0.15) is 32.3 Å². The second-order valence-electron chi connectivity index (χ2n) is 4.43. The summed E-state index contributed by atoms with van der Waals surface area (Å²) in [6, 6.07) is 4.84. The fourth-order valence-electron chi connectivity index (χ4n) is 1.95. The van der Waals surface area contributed by atoms with E-state index in [1.807, 2.05) is 17.8 Å². The fourth-order valence-corrected chi connectivity index (χ4v) is 3.27. The van der Waals surface area contributed by atoms with E-state index in [1.54, 1.807) is 0 Å². The van der Waals surface area contributed by atoms with Crippen LogP contribution in [0.15, 0.2) is 22.7 Å². The normalized spacial score (nSPS) is 11.8. The first-order valence-corrected chi connectivity index (χ1v) is 8.28. The third kappa shape index (κ3) is 4.25. The molecule has 0 amide bonds. The molecular weight excluding hydrogens is 313 g/mol. The summed E-state index contributed by atoms with van der Waals surface area (Å²) in [7, 11) is 0. The molecular formula is C14H21BrFNS. The molecule has 0 aliphatic rings. The lowest BCUT2D eigenvalue weighted by atomic mass is 10.0. The maximum atomic E-state index is 13.0. The minimum Gasteiger partial charge on any atom is -0.311 e. The van der Waals surface area contributed by atoms with Gasteiger partial charge in [0.15, 0.2) is 0 Å². The van der Waals surface area contributed by atoms with Gasteiger partial charge in [-0.1, -0.05) is 35.8 Å². The largest absolute Gasteiger partial charge is 0.311 e. The Bertz CT molecular complexity index is 372. The molecule has 0 saturated carbocycles. The van der Waals surface area contributed by atoms with E-state index in [0.29, 0.717) is 4.75 Å². The lowest BCUT2D eigenvalue weighted by Gasteiger charge is -2.30. The summed E-state index contributed by atoms with van der Waals surface area (Å²) in [6.07, 6.45) is 4.48. The first-order valence-electron chi connectivity index (χ1n) is 6.26. The van der Waals surface area contributed by atoms with E-state index in [4.69, 9.17) is 0 Å². The molecule has 1 nitrogen and oxygen atoms in total. The molecule has 0 spiro atoms. The smallest absolute Gasteiger partial charge is 0.124 e. The van der Waals surface area contributed by atoms with Crippen molar-refractivity contribution in [1.82, 2.24) is 5.32 Å². The summed E-state index contributed by atoms with van der Waals surface area (Å²) in [6.45, 7) is 6.21. The van der Waals surface area contributed by atoms with Gasteiger partial charge in [-0.25, -0.2) is 4.39 Å². The van der Waals surface area contributed by atoms with Gasteiger partial charge in [0.05, 0.1) is 0 Å². The van der Waals surface area contributed by atoms with Crippen molar-refractivity contribution in [2.45, 2.75) is 38.0 Å². The standard InChI is InChI=1S/C14H21BrFNS/c1-4-14(5-2,18-3)10-17-9-11-6-7-12(16)8-13(11)15/h6-8,17H,4-5,9-10H2,1-3H3. The van der Waals surface area contributed by atoms with Gasteiger partial charge in [-0.3, -0.25) is 0 Å². The number of rotatable bonds is 7. The summed E-state index contributed by atoms with van der Waals surface area (Å²) < 4.78 is 14.1. The Hall–Kier alpha value is -0.0600. The molecule has 0 atom stereocenters. The number of thioether (sulfide) groups is 1. The van der Waals surface area contributed by atoms with Gasteiger partial charge >= 0.3 is 0 Å². The Balaban J connectivity index is 2.55. The Kier molecular flexibility index (Phi) is 6.67. The summed E-state index contributed by atoms with van der Waals surface area (Å²) in [5, 5.41) is 3.48. The van der Waals surface area contributed by atoms with Gasteiger partial charge in [0.2, 0.25) is 0 Å². The summed E-state index contributed by atoms with van der Waals surface area (Å²) in [4.78, 5) is 0. The number of benzene rings is 1. The quantitative estimate of drug-likeness (QED) is 0.782. The van der Waals surface area contributed by atoms with Gasteiger partial charge in [-0.2, -0.15) is 11.8 Å². The van der Waals surface area contributed by atoms with Crippen molar-refractivity contribution in [1.29, 1.82) is 0 Å². The van der Waals surface area contributed by atoms with Gasteiger partial charge in [0, 0.05) is 22.3 Å². The lowest BCUT2D eigenvalue weighted by Crippen LogP contribution is -2.36. The zero-order valence-electron chi connectivity index (χ0n) is 11.2. The zero-order chi connectivity index (χ0) is 13.6. The third-order valence-corrected chi connectivity index (χ3v) is 5.83. The maximum Gasteiger partial charge on any atom is 0.124 e. The molecule has 0 aliphatic heterocycles. The molecule has 0 unspecified atom stereocenters. The number of halogens is 2. The van der Waals surface area contributed by atoms with Crippen LogP contribution < -0.4 is 5.32 Å². The Morgan fingerprint density at radius 3 is 2.50 bits per heavy atom. The summed E-state index contributed by atoms with van der Waals surface area (Å²) >= 11 is 5.32. The van der Waals surface area contributed by atoms with Crippen LogP contribution in [-0.2, 0) is 6.54 Å². The van der Waals surface area contributed by atoms with E-state index >= 15 is 0 Å². The Morgan fingerprint density at radius 1 is 1.33 bits per heavy atom. The average molecular weight is 334 g/mol. The molecule has 0 fully saturated rings. The highest BCUT2D eigenvalue weighted by Crippen LogP contribution is 2.29. The topological polar surface area (TPSA) is 12.0 Å². The van der Waals surface area contributed by atoms with E-state index in [-0.39, 0.29) is 5.82 Å². The first-order chi connectivity index (χ1) is 8.56. The predicted molar refractivity (Wildman–Crippen MR) is 82.6 cm³/mol. The van der Waals surface area contributed by atoms with E-state index in [2.05, 4.69) is 41.3 Å². The molecule has 0 aliphatic carbocycles. The SMILES string of the molecule is CCC(CC)(CNCc1ccc(F)cc1Br)SC. The molecule has 18 heavy (non-hydrogen) atoms. The van der Waals surface area contributed by atoms with Gasteiger partial charge in [-0.15, -0.1) is 0 Å². The van der Waals surface area contributed by atoms with Crippen LogP contribution in [0, 0.1) is 5.82 Å². The van der Waals surface area contributed by atoms with Crippen molar-refractivity contribution >= 4 is 27.7 Å². The average Bonchev–Trinajstić information content (AvgIpc) is 2.38. The molecule has 0 heterocycles. The fraction of sp³-hybridized carbons (Fsp3) is 0.571. The molecule has 1 N–H and O–H groups in total. The zero-order valence-corrected chi connectivity index (χ0v) is 13.6. The number of nitrogens with one attached hydrogen (secondary N) is 1. The molecule has 1 rings (SSSR count). The summed E-state index contributed by atoms with van der Waals surface area (Å²) in [5.41, 5.74) is 1.10. The number of hydrogen-bond acceptors (Lipinski definition) is 2. The van der Waals surface area contributed by atoms with E-state index in [1.165, 1.54) is 12.1 Å². The highest BCUT2D eigenvalue weighted by Gasteiger charge is 2.24. The van der Waals surface area contributed by atoms with Crippen LogP contribution in [-0.4, -0.2) is 17.5 Å². The van der Waals surface area contributed by atoms with Crippen LogP contribution in [0.25, 0.3) is 0 Å². The van der Waals surface area contributed by atoms with Crippen LogP contribution in [0.2, 0.25) is 0 Å². The summed E-state index contributed by atoms with van der Waals surface area (Å²) in [5.74, 6) is -0.203. The van der Waals surface area contributed by atoms with Gasteiger partial charge < -0.3 is 5.32 Å². The van der Waals surface area contributed by atoms with Crippen LogP contribution in [0.3, 0.4) is 0 Å². The van der Waals surface area contributed by atoms with Crippen molar-refractivity contribution in [2.75, 3.05) is 12.8 Å². The van der Waals surface area contributed by atoms with Gasteiger partial charge in [0.25, 0.3) is 0 Å². The van der Waals surface area contributed by atoms with Crippen molar-refractivity contribution < 1.29 is 4.39 Å². The minimum absolute atomic E-state index is 0.203. The van der Waals surface area contributed by atoms with Gasteiger partial charge in [-0.05, 0) is 36.8 Å². The van der Waals surface area contributed by atoms with Crippen molar-refractivity contribution in [3.05, 3.63) is 34.1 Å². The van der Waals surface area contributed by atoms with Crippen LogP contribution >= 0.6 is 27.7 Å². The van der Waals surface area contributed by atoms with Crippen LogP contribution in [0.5, 0.6) is 0 Å². The predicted octanol–water partition coefficient (Wildman–Crippen LogP) is 4.60. The van der Waals surface area contributed by atoms with Gasteiger partial charge in [0.1, 0.15) is 5.82 Å². The molecule has 0 bridgehead atoms. The molecule has 0 saturated heterocycles. The van der Waals surface area contributed by atoms with E-state index < -0.39 is 0 Å². The molecule has 1 aromatic carbocycles. The highest BCUT2D eigenvalue weighted by atomic mass is 79.9. The third-order valence-electron chi connectivity index (χ3n) is 3.50. The first kappa shape index (κ1) is 16.0. The second-order valence-corrected chi connectivity index (χ2v) is 6.56. The molecule has 1 aromatic rings. The molecule has 4 heteroatoms. The van der Waals surface area contributed by atoms with E-state index in [9.17, 15) is 4.39 Å². The molecule has 102 valence electrons. The van der Waals surface area contributed by atoms with Crippen LogP contribution in [0.4, 0.5) is 4.39 Å². The Labute approximate surface area is 122 Å². The van der Waals surface area contributed by atoms with Crippen molar-refractivity contribution in [2.24, 2.45) is 0 Å². The number of hydrogen-bond donors (Lipinski definition) is 1.